The molecule has 1 aromatic rings. The van der Waals surface area contributed by atoms with E-state index in [-0.39, 0.29) is 11.9 Å². The number of aromatic hydroxyl groups is 1. The van der Waals surface area contributed by atoms with E-state index in [0.29, 0.717) is 12.3 Å². The van der Waals surface area contributed by atoms with Gasteiger partial charge in [0.1, 0.15) is 5.75 Å². The lowest BCUT2D eigenvalue weighted by Gasteiger charge is -2.29. The van der Waals surface area contributed by atoms with Gasteiger partial charge in [-0.2, -0.15) is 0 Å². The Morgan fingerprint density at radius 2 is 1.94 bits per heavy atom. The van der Waals surface area contributed by atoms with Gasteiger partial charge in [-0.25, -0.2) is 0 Å². The van der Waals surface area contributed by atoms with Crippen molar-refractivity contribution in [2.45, 2.75) is 45.1 Å². The second-order valence-electron chi connectivity index (χ2n) is 5.46. The number of hydrogen-bond acceptors (Lipinski definition) is 2. The molecule has 0 radical (unpaired) electrons. The van der Waals surface area contributed by atoms with Crippen LogP contribution in [0.4, 0.5) is 0 Å². The summed E-state index contributed by atoms with van der Waals surface area (Å²) < 4.78 is 0. The molecule has 0 heterocycles. The lowest BCUT2D eigenvalue weighted by molar-refractivity contribution is 0.0760. The highest BCUT2D eigenvalue weighted by Crippen LogP contribution is 2.31. The van der Waals surface area contributed by atoms with Gasteiger partial charge in [-0.15, -0.1) is 0 Å². The zero-order chi connectivity index (χ0) is 12.3. The molecule has 2 rings (SSSR count). The molecule has 17 heavy (non-hydrogen) atoms. The maximum atomic E-state index is 10.2. The van der Waals surface area contributed by atoms with Gasteiger partial charge < -0.3 is 10.2 Å². The molecule has 94 valence electrons. The molecule has 0 aromatic heterocycles. The minimum absolute atomic E-state index is 0.260. The first-order chi connectivity index (χ1) is 8.15. The molecule has 1 fully saturated rings. The number of aliphatic hydroxyl groups is 1. The lowest BCUT2D eigenvalue weighted by Crippen LogP contribution is -2.26. The van der Waals surface area contributed by atoms with Crippen LogP contribution >= 0.6 is 0 Å². The lowest BCUT2D eigenvalue weighted by atomic mass is 9.79. The Labute approximate surface area is 103 Å². The number of rotatable bonds is 3. The molecule has 0 saturated heterocycles. The van der Waals surface area contributed by atoms with Crippen molar-refractivity contribution in [2.24, 2.45) is 11.8 Å². The second kappa shape index (κ2) is 5.54. The molecule has 1 aromatic carbocycles. The topological polar surface area (TPSA) is 40.5 Å². The monoisotopic (exact) mass is 234 g/mol. The third kappa shape index (κ3) is 3.47. The summed E-state index contributed by atoms with van der Waals surface area (Å²) in [6.07, 6.45) is 5.16. The van der Waals surface area contributed by atoms with Gasteiger partial charge in [-0.3, -0.25) is 0 Å². The van der Waals surface area contributed by atoms with Gasteiger partial charge in [0.15, 0.2) is 0 Å². The fourth-order valence-electron chi connectivity index (χ4n) is 2.76. The van der Waals surface area contributed by atoms with Crippen molar-refractivity contribution in [3.8, 4) is 5.75 Å². The van der Waals surface area contributed by atoms with E-state index >= 15 is 0 Å². The smallest absolute Gasteiger partial charge is 0.115 e. The van der Waals surface area contributed by atoms with Crippen LogP contribution in [0.3, 0.4) is 0 Å². The van der Waals surface area contributed by atoms with Crippen LogP contribution in [0.5, 0.6) is 5.75 Å². The van der Waals surface area contributed by atoms with Crippen molar-refractivity contribution in [1.29, 1.82) is 0 Å². The normalized spacial score (nSPS) is 26.7. The Morgan fingerprint density at radius 3 is 2.59 bits per heavy atom. The van der Waals surface area contributed by atoms with E-state index in [9.17, 15) is 10.2 Å². The largest absolute Gasteiger partial charge is 0.508 e. The molecule has 2 N–H and O–H groups in total. The molecule has 1 unspecified atom stereocenters. The van der Waals surface area contributed by atoms with Gasteiger partial charge in [-0.1, -0.05) is 31.9 Å². The fourth-order valence-corrected chi connectivity index (χ4v) is 2.76. The van der Waals surface area contributed by atoms with Crippen LogP contribution in [-0.2, 0) is 6.42 Å². The highest BCUT2D eigenvalue weighted by atomic mass is 16.3. The summed E-state index contributed by atoms with van der Waals surface area (Å²) >= 11 is 0. The van der Waals surface area contributed by atoms with Crippen LogP contribution in [0.2, 0.25) is 0 Å². The molecule has 0 bridgehead atoms. The molecular formula is C15H22O2. The molecule has 0 aliphatic heterocycles. The van der Waals surface area contributed by atoms with E-state index in [1.54, 1.807) is 12.1 Å². The van der Waals surface area contributed by atoms with Crippen molar-refractivity contribution < 1.29 is 10.2 Å². The van der Waals surface area contributed by atoms with Crippen molar-refractivity contribution in [3.05, 3.63) is 29.8 Å². The maximum Gasteiger partial charge on any atom is 0.115 e. The van der Waals surface area contributed by atoms with Gasteiger partial charge in [0.25, 0.3) is 0 Å². The SMILES string of the molecule is CC1CCC(C(O)Cc2cccc(O)c2)CC1. The van der Waals surface area contributed by atoms with Gasteiger partial charge >= 0.3 is 0 Å². The molecule has 1 aliphatic rings. The number of phenolic OH excluding ortho intramolecular Hbond substituents is 1. The van der Waals surface area contributed by atoms with Gasteiger partial charge in [0.2, 0.25) is 0 Å². The molecule has 0 spiro atoms. The molecule has 1 atom stereocenters. The zero-order valence-electron chi connectivity index (χ0n) is 10.5. The minimum Gasteiger partial charge on any atom is -0.508 e. The van der Waals surface area contributed by atoms with E-state index in [2.05, 4.69) is 6.92 Å². The number of phenols is 1. The Balaban J connectivity index is 1.90. The van der Waals surface area contributed by atoms with Gasteiger partial charge in [0.05, 0.1) is 6.10 Å². The molecule has 1 saturated carbocycles. The average molecular weight is 234 g/mol. The minimum atomic E-state index is -0.260. The van der Waals surface area contributed by atoms with Crippen molar-refractivity contribution in [2.75, 3.05) is 0 Å². The number of hydrogen-bond donors (Lipinski definition) is 2. The highest BCUT2D eigenvalue weighted by molar-refractivity contribution is 5.27. The first-order valence-corrected chi connectivity index (χ1v) is 6.61. The Bertz CT molecular complexity index is 354. The predicted molar refractivity (Wildman–Crippen MR) is 68.9 cm³/mol. The number of benzene rings is 1. The van der Waals surface area contributed by atoms with E-state index in [1.165, 1.54) is 12.8 Å². The van der Waals surface area contributed by atoms with Crippen LogP contribution in [0, 0.1) is 11.8 Å². The van der Waals surface area contributed by atoms with E-state index in [0.717, 1.165) is 24.3 Å². The second-order valence-corrected chi connectivity index (χ2v) is 5.46. The molecule has 1 aliphatic carbocycles. The summed E-state index contributed by atoms with van der Waals surface area (Å²) in [4.78, 5) is 0. The summed E-state index contributed by atoms with van der Waals surface area (Å²) in [5, 5.41) is 19.6. The highest BCUT2D eigenvalue weighted by Gasteiger charge is 2.24. The Kier molecular flexibility index (Phi) is 4.06. The average Bonchev–Trinajstić information content (AvgIpc) is 2.29. The van der Waals surface area contributed by atoms with Crippen LogP contribution < -0.4 is 0 Å². The first kappa shape index (κ1) is 12.4. The van der Waals surface area contributed by atoms with Gasteiger partial charge in [0, 0.05) is 0 Å². The molecule has 0 amide bonds. The summed E-state index contributed by atoms with van der Waals surface area (Å²) in [6, 6.07) is 7.21. The van der Waals surface area contributed by atoms with Crippen LogP contribution in [-0.4, -0.2) is 16.3 Å². The van der Waals surface area contributed by atoms with Crippen molar-refractivity contribution >= 4 is 0 Å². The van der Waals surface area contributed by atoms with E-state index in [1.807, 2.05) is 12.1 Å². The fraction of sp³-hybridized carbons (Fsp3) is 0.600. The van der Waals surface area contributed by atoms with E-state index < -0.39 is 0 Å². The standard InChI is InChI=1S/C15H22O2/c1-11-5-7-13(8-6-11)15(17)10-12-3-2-4-14(16)9-12/h2-4,9,11,13,15-17H,5-8,10H2,1H3. The Hall–Kier alpha value is -1.02. The third-order valence-corrected chi connectivity index (χ3v) is 3.96. The van der Waals surface area contributed by atoms with Crippen molar-refractivity contribution in [3.63, 3.8) is 0 Å². The first-order valence-electron chi connectivity index (χ1n) is 6.61. The summed E-state index contributed by atoms with van der Waals surface area (Å²) in [5.41, 5.74) is 1.02. The summed E-state index contributed by atoms with van der Waals surface area (Å²) in [5.74, 6) is 1.54. The third-order valence-electron chi connectivity index (χ3n) is 3.96. The van der Waals surface area contributed by atoms with Crippen LogP contribution in [0.1, 0.15) is 38.2 Å². The Morgan fingerprint density at radius 1 is 1.24 bits per heavy atom. The van der Waals surface area contributed by atoms with Gasteiger partial charge in [-0.05, 0) is 48.8 Å². The summed E-state index contributed by atoms with van der Waals surface area (Å²) in [6.45, 7) is 2.29. The maximum absolute atomic E-state index is 10.2. The summed E-state index contributed by atoms with van der Waals surface area (Å²) in [7, 11) is 0. The molecule has 2 nitrogen and oxygen atoms in total. The van der Waals surface area contributed by atoms with Crippen LogP contribution in [0.25, 0.3) is 0 Å². The van der Waals surface area contributed by atoms with Crippen LogP contribution in [0.15, 0.2) is 24.3 Å². The number of aliphatic hydroxyl groups excluding tert-OH is 1. The quantitative estimate of drug-likeness (QED) is 0.843. The zero-order valence-corrected chi connectivity index (χ0v) is 10.5. The van der Waals surface area contributed by atoms with E-state index in [4.69, 9.17) is 0 Å². The predicted octanol–water partition coefficient (Wildman–Crippen LogP) is 3.12. The van der Waals surface area contributed by atoms with Crippen molar-refractivity contribution in [1.82, 2.24) is 0 Å². The molecule has 2 heteroatoms. The molecular weight excluding hydrogens is 212 g/mol.